The van der Waals surface area contributed by atoms with Crippen molar-refractivity contribution in [1.29, 1.82) is 0 Å². The maximum atomic E-state index is 11.4. The average Bonchev–Trinajstić information content (AvgIpc) is 2.19. The van der Waals surface area contributed by atoms with E-state index in [2.05, 4.69) is 0 Å². The maximum absolute atomic E-state index is 11.4. The lowest BCUT2D eigenvalue weighted by atomic mass is 10.2. The van der Waals surface area contributed by atoms with Crippen LogP contribution in [0.4, 0.5) is 0 Å². The Hall–Kier alpha value is -1.35. The summed E-state index contributed by atoms with van der Waals surface area (Å²) in [4.78, 5) is 11.4. The summed E-state index contributed by atoms with van der Waals surface area (Å²) in [6.07, 6.45) is -1.13. The van der Waals surface area contributed by atoms with Crippen molar-refractivity contribution in [2.24, 2.45) is 0 Å². The number of carbonyl (C=O) groups excluding carboxylic acids is 1. The molecule has 0 bridgehead atoms. The predicted octanol–water partition coefficient (Wildman–Crippen LogP) is 1.61. The molecule has 1 aromatic carbocycles. The number of aliphatic hydroxyl groups is 1. The number of benzene rings is 1. The zero-order valence-corrected chi connectivity index (χ0v) is 8.31. The number of carbonyl (C=O) groups is 1. The minimum absolute atomic E-state index is 0.404. The Morgan fingerprint density at radius 1 is 1.29 bits per heavy atom. The highest BCUT2D eigenvalue weighted by Gasteiger charge is 2.15. The molecule has 0 aliphatic carbocycles. The number of hydrogen-bond acceptors (Lipinski definition) is 3. The summed E-state index contributed by atoms with van der Waals surface area (Å²) in [6, 6.07) is 8.72. The minimum Gasteiger partial charge on any atom is -0.456 e. The number of aliphatic hydroxyl groups excluding tert-OH is 1. The molecule has 0 radical (unpaired) electrons. The van der Waals surface area contributed by atoms with Gasteiger partial charge >= 0.3 is 5.97 Å². The summed E-state index contributed by atoms with van der Waals surface area (Å²) in [6.45, 7) is 3.24. The van der Waals surface area contributed by atoms with Crippen LogP contribution in [0.1, 0.15) is 24.2 Å². The van der Waals surface area contributed by atoms with Crippen molar-refractivity contribution < 1.29 is 14.6 Å². The quantitative estimate of drug-likeness (QED) is 0.743. The first-order valence-corrected chi connectivity index (χ1v) is 4.55. The second-order valence-corrected chi connectivity index (χ2v) is 3.22. The van der Waals surface area contributed by atoms with Gasteiger partial charge < -0.3 is 9.84 Å². The third-order valence-corrected chi connectivity index (χ3v) is 1.98. The first-order valence-electron chi connectivity index (χ1n) is 4.55. The fourth-order valence-corrected chi connectivity index (χ4v) is 0.910. The molecule has 0 heterocycles. The van der Waals surface area contributed by atoms with Gasteiger partial charge in [-0.25, -0.2) is 4.79 Å². The zero-order chi connectivity index (χ0) is 10.6. The monoisotopic (exact) mass is 194 g/mol. The normalized spacial score (nSPS) is 14.5. The van der Waals surface area contributed by atoms with Crippen LogP contribution in [0.15, 0.2) is 30.3 Å². The van der Waals surface area contributed by atoms with Gasteiger partial charge in [-0.2, -0.15) is 0 Å². The van der Waals surface area contributed by atoms with Crippen LogP contribution in [0.3, 0.4) is 0 Å². The molecule has 76 valence electrons. The van der Waals surface area contributed by atoms with Crippen LogP contribution < -0.4 is 0 Å². The Kier molecular flexibility index (Phi) is 3.65. The molecule has 0 aliphatic rings. The molecule has 1 N–H and O–H groups in total. The molecule has 0 saturated heterocycles. The second-order valence-electron chi connectivity index (χ2n) is 3.22. The van der Waals surface area contributed by atoms with Crippen LogP contribution in [0.5, 0.6) is 0 Å². The Morgan fingerprint density at radius 3 is 2.36 bits per heavy atom. The van der Waals surface area contributed by atoms with E-state index in [1.54, 1.807) is 38.1 Å². The molecule has 2 unspecified atom stereocenters. The van der Waals surface area contributed by atoms with Crippen molar-refractivity contribution in [3.8, 4) is 0 Å². The molecule has 3 nitrogen and oxygen atoms in total. The number of esters is 1. The van der Waals surface area contributed by atoms with E-state index >= 15 is 0 Å². The van der Waals surface area contributed by atoms with E-state index in [4.69, 9.17) is 9.84 Å². The molecule has 2 atom stereocenters. The Labute approximate surface area is 83.3 Å². The van der Waals surface area contributed by atoms with E-state index in [1.807, 2.05) is 6.07 Å². The fourth-order valence-electron chi connectivity index (χ4n) is 0.910. The standard InChI is InChI=1S/C11H14O3/c1-8(12)9(2)14-11(13)10-6-4-3-5-7-10/h3-9,12H,1-2H3. The van der Waals surface area contributed by atoms with E-state index in [9.17, 15) is 4.79 Å². The maximum Gasteiger partial charge on any atom is 0.338 e. The Morgan fingerprint density at radius 2 is 1.86 bits per heavy atom. The van der Waals surface area contributed by atoms with Crippen LogP contribution >= 0.6 is 0 Å². The zero-order valence-electron chi connectivity index (χ0n) is 8.31. The van der Waals surface area contributed by atoms with Crippen LogP contribution in [0.25, 0.3) is 0 Å². The van der Waals surface area contributed by atoms with Crippen molar-refractivity contribution in [3.05, 3.63) is 35.9 Å². The molecule has 0 saturated carbocycles. The lowest BCUT2D eigenvalue weighted by Crippen LogP contribution is -2.25. The Bertz CT molecular complexity index is 293. The van der Waals surface area contributed by atoms with E-state index < -0.39 is 18.2 Å². The summed E-state index contributed by atoms with van der Waals surface area (Å²) >= 11 is 0. The topological polar surface area (TPSA) is 46.5 Å². The van der Waals surface area contributed by atoms with Gasteiger partial charge in [-0.15, -0.1) is 0 Å². The highest BCUT2D eigenvalue weighted by Crippen LogP contribution is 2.05. The van der Waals surface area contributed by atoms with Crippen LogP contribution in [-0.4, -0.2) is 23.3 Å². The molecular formula is C11H14O3. The predicted molar refractivity (Wildman–Crippen MR) is 53.0 cm³/mol. The largest absolute Gasteiger partial charge is 0.456 e. The molecule has 3 heteroatoms. The van der Waals surface area contributed by atoms with E-state index in [0.717, 1.165) is 0 Å². The molecule has 0 aromatic heterocycles. The van der Waals surface area contributed by atoms with Crippen molar-refractivity contribution >= 4 is 5.97 Å². The van der Waals surface area contributed by atoms with Gasteiger partial charge in [-0.05, 0) is 26.0 Å². The van der Waals surface area contributed by atoms with Gasteiger partial charge in [0.15, 0.2) is 0 Å². The van der Waals surface area contributed by atoms with Crippen molar-refractivity contribution in [2.75, 3.05) is 0 Å². The number of rotatable bonds is 3. The summed E-state index contributed by atoms with van der Waals surface area (Å²) in [5, 5.41) is 9.14. The lowest BCUT2D eigenvalue weighted by molar-refractivity contribution is -0.00468. The van der Waals surface area contributed by atoms with Gasteiger partial charge in [-0.3, -0.25) is 0 Å². The first-order chi connectivity index (χ1) is 6.61. The van der Waals surface area contributed by atoms with Gasteiger partial charge in [0.05, 0.1) is 11.7 Å². The minimum atomic E-state index is -0.650. The van der Waals surface area contributed by atoms with Crippen molar-refractivity contribution in [2.45, 2.75) is 26.1 Å². The summed E-state index contributed by atoms with van der Waals surface area (Å²) in [5.74, 6) is -0.404. The SMILES string of the molecule is CC(O)C(C)OC(=O)c1ccccc1. The molecular weight excluding hydrogens is 180 g/mol. The van der Waals surface area contributed by atoms with Gasteiger partial charge in [0.1, 0.15) is 6.10 Å². The third-order valence-electron chi connectivity index (χ3n) is 1.98. The second kappa shape index (κ2) is 4.77. The summed E-state index contributed by atoms with van der Waals surface area (Å²) in [5.41, 5.74) is 0.500. The van der Waals surface area contributed by atoms with E-state index in [-0.39, 0.29) is 0 Å². The molecule has 1 rings (SSSR count). The van der Waals surface area contributed by atoms with Gasteiger partial charge in [0, 0.05) is 0 Å². The highest BCUT2D eigenvalue weighted by atomic mass is 16.6. The molecule has 14 heavy (non-hydrogen) atoms. The number of hydrogen-bond donors (Lipinski definition) is 1. The summed E-state index contributed by atoms with van der Waals surface area (Å²) in [7, 11) is 0. The molecule has 1 aromatic rings. The van der Waals surface area contributed by atoms with Gasteiger partial charge in [-0.1, -0.05) is 18.2 Å². The fraction of sp³-hybridized carbons (Fsp3) is 0.364. The third kappa shape index (κ3) is 2.85. The van der Waals surface area contributed by atoms with Crippen LogP contribution in [0, 0.1) is 0 Å². The molecule has 0 amide bonds. The first kappa shape index (κ1) is 10.7. The Balaban J connectivity index is 2.60. The van der Waals surface area contributed by atoms with Gasteiger partial charge in [0.2, 0.25) is 0 Å². The lowest BCUT2D eigenvalue weighted by Gasteiger charge is -2.15. The molecule has 0 spiro atoms. The van der Waals surface area contributed by atoms with Crippen molar-refractivity contribution in [3.63, 3.8) is 0 Å². The van der Waals surface area contributed by atoms with E-state index in [1.165, 1.54) is 0 Å². The van der Waals surface area contributed by atoms with Crippen LogP contribution in [0.2, 0.25) is 0 Å². The van der Waals surface area contributed by atoms with Crippen molar-refractivity contribution in [1.82, 2.24) is 0 Å². The molecule has 0 fully saturated rings. The molecule has 0 aliphatic heterocycles. The van der Waals surface area contributed by atoms with E-state index in [0.29, 0.717) is 5.56 Å². The average molecular weight is 194 g/mol. The highest BCUT2D eigenvalue weighted by molar-refractivity contribution is 5.89. The number of ether oxygens (including phenoxy) is 1. The summed E-state index contributed by atoms with van der Waals surface area (Å²) < 4.78 is 5.01. The van der Waals surface area contributed by atoms with Gasteiger partial charge in [0.25, 0.3) is 0 Å². The smallest absolute Gasteiger partial charge is 0.338 e. The van der Waals surface area contributed by atoms with Crippen LogP contribution in [-0.2, 0) is 4.74 Å².